The highest BCUT2D eigenvalue weighted by molar-refractivity contribution is 6.56. The second kappa shape index (κ2) is 10.7. The molecule has 7 heteroatoms. The Kier molecular flexibility index (Phi) is 8.74. The van der Waals surface area contributed by atoms with Crippen molar-refractivity contribution in [1.29, 1.82) is 0 Å². The van der Waals surface area contributed by atoms with Gasteiger partial charge in [0.1, 0.15) is 18.5 Å². The zero-order valence-electron chi connectivity index (χ0n) is 20.4. The number of hydrogen-bond donors (Lipinski definition) is 1. The summed E-state index contributed by atoms with van der Waals surface area (Å²) in [7, 11) is -0.549. The van der Waals surface area contributed by atoms with Crippen molar-refractivity contribution in [3.05, 3.63) is 53.5 Å². The Labute approximate surface area is 192 Å². The number of hydrogen-bond acceptors (Lipinski definition) is 6. The maximum absolute atomic E-state index is 11.8. The molecule has 1 saturated heterocycles. The Morgan fingerprint density at radius 3 is 2.38 bits per heavy atom. The predicted octanol–water partition coefficient (Wildman–Crippen LogP) is 4.82. The average Bonchev–Trinajstić information content (AvgIpc) is 2.92. The Morgan fingerprint density at radius 2 is 1.84 bits per heavy atom. The van der Waals surface area contributed by atoms with Crippen LogP contribution in [0.15, 0.2) is 48.0 Å². The average molecular weight is 444 g/mol. The molecule has 0 bridgehead atoms. The van der Waals surface area contributed by atoms with Gasteiger partial charge in [-0.3, -0.25) is 4.79 Å². The number of benzene rings is 1. The molecule has 1 aromatic rings. The molecule has 176 valence electrons. The fourth-order valence-electron chi connectivity index (χ4n) is 3.34. The molecule has 0 aliphatic carbocycles. The van der Waals surface area contributed by atoms with E-state index in [1.54, 1.807) is 6.07 Å². The first kappa shape index (κ1) is 26.2. The molecule has 1 atom stereocenters. The zero-order chi connectivity index (χ0) is 24.1. The van der Waals surface area contributed by atoms with E-state index in [1.807, 2.05) is 52.0 Å². The van der Waals surface area contributed by atoms with Crippen molar-refractivity contribution < 1.29 is 28.7 Å². The van der Waals surface area contributed by atoms with E-state index in [9.17, 15) is 4.79 Å². The summed E-state index contributed by atoms with van der Waals surface area (Å²) in [5.74, 6) is 0.433. The first-order valence-corrected chi connectivity index (χ1v) is 11.1. The maximum Gasteiger partial charge on any atom is 0.494 e. The summed E-state index contributed by atoms with van der Waals surface area (Å²) >= 11 is 0. The van der Waals surface area contributed by atoms with Gasteiger partial charge in [-0.05, 0) is 56.8 Å². The Bertz CT molecular complexity index is 827. The lowest BCUT2D eigenvalue weighted by Crippen LogP contribution is -2.41. The molecular formula is C25H37BO6. The number of aliphatic hydroxyl groups excluding tert-OH is 1. The summed E-state index contributed by atoms with van der Waals surface area (Å²) < 4.78 is 23.7. The van der Waals surface area contributed by atoms with Gasteiger partial charge in [0.2, 0.25) is 0 Å². The third kappa shape index (κ3) is 6.47. The normalized spacial score (nSPS) is 18.5. The number of rotatable bonds is 10. The van der Waals surface area contributed by atoms with Crippen molar-refractivity contribution in [1.82, 2.24) is 0 Å². The van der Waals surface area contributed by atoms with E-state index in [0.717, 1.165) is 16.6 Å². The number of aliphatic hydroxyl groups is 1. The number of allylic oxidation sites excluding steroid dienone is 2. The topological polar surface area (TPSA) is 74.2 Å². The van der Waals surface area contributed by atoms with E-state index in [-0.39, 0.29) is 25.1 Å². The highest BCUT2D eigenvalue weighted by atomic mass is 16.7. The van der Waals surface area contributed by atoms with Gasteiger partial charge < -0.3 is 23.9 Å². The molecule has 0 amide bonds. The summed E-state index contributed by atoms with van der Waals surface area (Å²) in [4.78, 5) is 11.8. The van der Waals surface area contributed by atoms with Crippen LogP contribution in [0.2, 0.25) is 0 Å². The third-order valence-electron chi connectivity index (χ3n) is 6.02. The van der Waals surface area contributed by atoms with Gasteiger partial charge in [0.05, 0.1) is 17.8 Å². The molecule has 1 aliphatic heterocycles. The largest absolute Gasteiger partial charge is 0.494 e. The second-order valence-corrected chi connectivity index (χ2v) is 9.41. The van der Waals surface area contributed by atoms with Crippen LogP contribution in [0.25, 0.3) is 0 Å². The Hall–Kier alpha value is -2.09. The molecule has 1 fully saturated rings. The lowest BCUT2D eigenvalue weighted by atomic mass is 9.70. The molecule has 6 nitrogen and oxygen atoms in total. The Balaban J connectivity index is 2.35. The molecule has 0 aromatic heterocycles. The molecular weight excluding hydrogens is 407 g/mol. The van der Waals surface area contributed by atoms with E-state index >= 15 is 0 Å². The van der Waals surface area contributed by atoms with Gasteiger partial charge in [-0.2, -0.15) is 0 Å². The lowest BCUT2D eigenvalue weighted by molar-refractivity contribution is -0.146. The quantitative estimate of drug-likeness (QED) is 0.317. The van der Waals surface area contributed by atoms with Gasteiger partial charge >= 0.3 is 13.1 Å². The van der Waals surface area contributed by atoms with Crippen molar-refractivity contribution >= 4 is 13.1 Å². The number of carbonyl (C=O) groups is 1. The fraction of sp³-hybridized carbons (Fsp3) is 0.560. The first-order valence-electron chi connectivity index (χ1n) is 11.1. The van der Waals surface area contributed by atoms with Gasteiger partial charge in [-0.1, -0.05) is 44.2 Å². The van der Waals surface area contributed by atoms with Crippen LogP contribution >= 0.6 is 0 Å². The van der Waals surface area contributed by atoms with Crippen LogP contribution in [0.4, 0.5) is 0 Å². The van der Waals surface area contributed by atoms with Gasteiger partial charge in [0, 0.05) is 13.3 Å². The van der Waals surface area contributed by atoms with Crippen LogP contribution in [0.5, 0.6) is 5.75 Å². The molecule has 1 aliphatic rings. The van der Waals surface area contributed by atoms with Crippen LogP contribution in [0, 0.1) is 5.92 Å². The van der Waals surface area contributed by atoms with E-state index < -0.39 is 24.4 Å². The SMILES string of the molecule is C=C(/C(=C/C[C@@H](OC(C)=O)c1cccc(OCCO)c1)B1OC(C)(C)C(C)(C)O1)C(C)C. The minimum Gasteiger partial charge on any atom is -0.491 e. The Morgan fingerprint density at radius 1 is 1.22 bits per heavy atom. The molecule has 0 radical (unpaired) electrons. The van der Waals surface area contributed by atoms with Crippen LogP contribution < -0.4 is 4.74 Å². The highest BCUT2D eigenvalue weighted by Crippen LogP contribution is 2.41. The van der Waals surface area contributed by atoms with Crippen LogP contribution in [-0.4, -0.2) is 42.6 Å². The summed E-state index contributed by atoms with van der Waals surface area (Å²) in [5.41, 5.74) is 1.65. The molecule has 0 unspecified atom stereocenters. The van der Waals surface area contributed by atoms with E-state index in [2.05, 4.69) is 20.4 Å². The van der Waals surface area contributed by atoms with E-state index in [0.29, 0.717) is 12.2 Å². The molecule has 1 aromatic carbocycles. The van der Waals surface area contributed by atoms with Gasteiger partial charge in [-0.15, -0.1) is 0 Å². The first-order chi connectivity index (χ1) is 14.9. The summed E-state index contributed by atoms with van der Waals surface area (Å²) in [6.45, 7) is 18.0. The number of ether oxygens (including phenoxy) is 2. The third-order valence-corrected chi connectivity index (χ3v) is 6.02. The molecule has 0 saturated carbocycles. The zero-order valence-corrected chi connectivity index (χ0v) is 20.4. The minimum absolute atomic E-state index is 0.0743. The highest BCUT2D eigenvalue weighted by Gasteiger charge is 2.52. The minimum atomic E-state index is -0.549. The lowest BCUT2D eigenvalue weighted by Gasteiger charge is -2.32. The molecule has 1 N–H and O–H groups in total. The van der Waals surface area contributed by atoms with Crippen LogP contribution in [0.1, 0.15) is 66.6 Å². The van der Waals surface area contributed by atoms with Gasteiger partial charge in [0.25, 0.3) is 0 Å². The van der Waals surface area contributed by atoms with Crippen LogP contribution in [0.3, 0.4) is 0 Å². The standard InChI is InChI=1S/C25H37BO6/c1-17(2)18(3)22(26-31-24(5,6)25(7,8)32-26)12-13-23(30-19(4)28)20-10-9-11-21(16-20)29-15-14-27/h9-12,16-17,23,27H,3,13-15H2,1-2,4-8H3/b22-12-/t23-/m1/s1. The van der Waals surface area contributed by atoms with E-state index in [1.165, 1.54) is 6.92 Å². The fourth-order valence-corrected chi connectivity index (χ4v) is 3.34. The molecule has 1 heterocycles. The van der Waals surface area contributed by atoms with Crippen molar-refractivity contribution in [2.75, 3.05) is 13.2 Å². The van der Waals surface area contributed by atoms with Crippen molar-refractivity contribution in [2.24, 2.45) is 5.92 Å². The smallest absolute Gasteiger partial charge is 0.491 e. The summed E-state index contributed by atoms with van der Waals surface area (Å²) in [6, 6.07) is 7.35. The van der Waals surface area contributed by atoms with Crippen molar-refractivity contribution in [3.63, 3.8) is 0 Å². The van der Waals surface area contributed by atoms with Gasteiger partial charge in [-0.25, -0.2) is 0 Å². The second-order valence-electron chi connectivity index (χ2n) is 9.41. The molecule has 2 rings (SSSR count). The number of carbonyl (C=O) groups excluding carboxylic acids is 1. The number of esters is 1. The summed E-state index contributed by atoms with van der Waals surface area (Å²) in [6.07, 6.45) is 1.91. The van der Waals surface area contributed by atoms with Crippen molar-refractivity contribution in [2.45, 2.75) is 72.2 Å². The summed E-state index contributed by atoms with van der Waals surface area (Å²) in [5, 5.41) is 9.01. The molecule has 0 spiro atoms. The monoisotopic (exact) mass is 444 g/mol. The van der Waals surface area contributed by atoms with Crippen LogP contribution in [-0.2, 0) is 18.8 Å². The van der Waals surface area contributed by atoms with Gasteiger partial charge in [0.15, 0.2) is 0 Å². The maximum atomic E-state index is 11.8. The van der Waals surface area contributed by atoms with E-state index in [4.69, 9.17) is 23.9 Å². The molecule has 32 heavy (non-hydrogen) atoms. The van der Waals surface area contributed by atoms with Crippen molar-refractivity contribution in [3.8, 4) is 5.75 Å². The predicted molar refractivity (Wildman–Crippen MR) is 126 cm³/mol.